The quantitative estimate of drug-likeness (QED) is 0.746. The molecule has 0 aromatic heterocycles. The van der Waals surface area contributed by atoms with Crippen LogP contribution in [0.3, 0.4) is 0 Å². The van der Waals surface area contributed by atoms with E-state index in [1.165, 1.54) is 12.1 Å². The van der Waals surface area contributed by atoms with Crippen molar-refractivity contribution in [2.24, 2.45) is 0 Å². The third-order valence-corrected chi connectivity index (χ3v) is 2.12. The predicted octanol–water partition coefficient (Wildman–Crippen LogP) is 3.34. The molecule has 1 nitrogen and oxygen atoms in total. The highest BCUT2D eigenvalue weighted by atomic mass is 32.2. The van der Waals surface area contributed by atoms with Crippen LogP contribution in [0.4, 0.5) is 18.9 Å². The van der Waals surface area contributed by atoms with Gasteiger partial charge in [-0.15, -0.1) is 0 Å². The largest absolute Gasteiger partial charge is 0.446 e. The van der Waals surface area contributed by atoms with Crippen LogP contribution >= 0.6 is 11.8 Å². The molecule has 13 heavy (non-hydrogen) atoms. The van der Waals surface area contributed by atoms with Crippen LogP contribution in [0.25, 0.3) is 0 Å². The van der Waals surface area contributed by atoms with E-state index in [-0.39, 0.29) is 16.7 Å². The second-order valence-electron chi connectivity index (χ2n) is 2.32. The fraction of sp³-hybridized carbons (Fsp3) is 0.250. The molecule has 0 spiro atoms. The van der Waals surface area contributed by atoms with Crippen LogP contribution in [0, 0.1) is 0 Å². The van der Waals surface area contributed by atoms with Crippen LogP contribution in [-0.4, -0.2) is 12.6 Å². The van der Waals surface area contributed by atoms with E-state index in [1.807, 2.05) is 0 Å². The molecule has 1 aromatic carbocycles. The van der Waals surface area contributed by atoms with Crippen molar-refractivity contribution in [3.63, 3.8) is 0 Å². The highest BCUT2D eigenvalue weighted by Crippen LogP contribution is 2.36. The van der Waals surface area contributed by atoms with E-state index in [9.17, 15) is 13.2 Å². The lowest BCUT2D eigenvalue weighted by Crippen LogP contribution is -1.98. The van der Waals surface area contributed by atoms with Crippen LogP contribution in [-0.2, 0) is 0 Å². The molecule has 1 aromatic rings. The maximum Gasteiger partial charge on any atom is 0.446 e. The maximum absolute atomic E-state index is 11.9. The molecule has 0 heterocycles. The summed E-state index contributed by atoms with van der Waals surface area (Å²) in [7, 11) is 1.71. The van der Waals surface area contributed by atoms with Crippen molar-refractivity contribution in [2.45, 2.75) is 10.4 Å². The first-order chi connectivity index (χ1) is 6.01. The Kier molecular flexibility index (Phi) is 3.08. The summed E-state index contributed by atoms with van der Waals surface area (Å²) >= 11 is -0.108. The molecule has 0 atom stereocenters. The van der Waals surface area contributed by atoms with Gasteiger partial charge in [-0.1, -0.05) is 0 Å². The van der Waals surface area contributed by atoms with Gasteiger partial charge in [0.25, 0.3) is 0 Å². The van der Waals surface area contributed by atoms with Gasteiger partial charge in [-0.05, 0) is 36.0 Å². The van der Waals surface area contributed by atoms with Crippen LogP contribution < -0.4 is 5.32 Å². The van der Waals surface area contributed by atoms with E-state index < -0.39 is 5.51 Å². The second kappa shape index (κ2) is 3.91. The fourth-order valence-electron chi connectivity index (χ4n) is 0.823. The summed E-state index contributed by atoms with van der Waals surface area (Å²) < 4.78 is 35.6. The third-order valence-electron chi connectivity index (χ3n) is 1.38. The molecule has 1 N–H and O–H groups in total. The van der Waals surface area contributed by atoms with Gasteiger partial charge in [0.1, 0.15) is 0 Å². The summed E-state index contributed by atoms with van der Waals surface area (Å²) in [5, 5.41) is 2.83. The van der Waals surface area contributed by atoms with Gasteiger partial charge in [-0.2, -0.15) is 13.2 Å². The van der Waals surface area contributed by atoms with Gasteiger partial charge < -0.3 is 5.32 Å². The van der Waals surface area contributed by atoms with Gasteiger partial charge in [0.15, 0.2) is 0 Å². The van der Waals surface area contributed by atoms with Crippen LogP contribution in [0.2, 0.25) is 0 Å². The summed E-state index contributed by atoms with van der Waals surface area (Å²) in [5.41, 5.74) is -3.41. The molecule has 0 aliphatic rings. The Morgan fingerprint density at radius 1 is 1.15 bits per heavy atom. The summed E-state index contributed by atoms with van der Waals surface area (Å²) in [6.45, 7) is 0. The van der Waals surface area contributed by atoms with Gasteiger partial charge in [-0.3, -0.25) is 0 Å². The minimum atomic E-state index is -4.21. The number of hydrogen-bond acceptors (Lipinski definition) is 2. The van der Waals surface area contributed by atoms with Gasteiger partial charge in [0.05, 0.1) is 0 Å². The van der Waals surface area contributed by atoms with Crippen LogP contribution in [0.15, 0.2) is 29.2 Å². The first kappa shape index (κ1) is 10.2. The molecule has 0 saturated carbocycles. The summed E-state index contributed by atoms with van der Waals surface area (Å²) in [6, 6.07) is 6.08. The average Bonchev–Trinajstić information content (AvgIpc) is 2.03. The first-order valence-corrected chi connectivity index (χ1v) is 4.36. The van der Waals surface area contributed by atoms with E-state index in [4.69, 9.17) is 0 Å². The Bertz CT molecular complexity index is 268. The van der Waals surface area contributed by atoms with Gasteiger partial charge in [0, 0.05) is 17.6 Å². The average molecular weight is 207 g/mol. The molecule has 0 bridgehead atoms. The molecule has 0 amide bonds. The van der Waals surface area contributed by atoms with E-state index in [0.717, 1.165) is 5.69 Å². The number of anilines is 1. The smallest absolute Gasteiger partial charge is 0.388 e. The zero-order chi connectivity index (χ0) is 9.90. The minimum absolute atomic E-state index is 0.108. The number of thioether (sulfide) groups is 1. The Morgan fingerprint density at radius 2 is 1.69 bits per heavy atom. The second-order valence-corrected chi connectivity index (χ2v) is 3.46. The van der Waals surface area contributed by atoms with Crippen molar-refractivity contribution in [3.05, 3.63) is 24.3 Å². The van der Waals surface area contributed by atoms with Gasteiger partial charge in [-0.25, -0.2) is 0 Å². The van der Waals surface area contributed by atoms with E-state index >= 15 is 0 Å². The van der Waals surface area contributed by atoms with Crippen molar-refractivity contribution in [3.8, 4) is 0 Å². The van der Waals surface area contributed by atoms with Crippen molar-refractivity contribution < 1.29 is 13.2 Å². The maximum atomic E-state index is 11.9. The number of alkyl halides is 3. The molecule has 0 radical (unpaired) electrons. The van der Waals surface area contributed by atoms with Crippen molar-refractivity contribution >= 4 is 17.4 Å². The Morgan fingerprint density at radius 3 is 2.08 bits per heavy atom. The van der Waals surface area contributed by atoms with E-state index in [0.29, 0.717) is 0 Å². The number of nitrogens with one attached hydrogen (secondary N) is 1. The lowest BCUT2D eigenvalue weighted by molar-refractivity contribution is -0.0328. The lowest BCUT2D eigenvalue weighted by atomic mass is 10.3. The normalized spacial score (nSPS) is 11.4. The zero-order valence-electron chi connectivity index (χ0n) is 6.85. The predicted molar refractivity (Wildman–Crippen MR) is 47.9 cm³/mol. The van der Waals surface area contributed by atoms with E-state index in [2.05, 4.69) is 5.32 Å². The number of rotatable bonds is 2. The molecule has 0 aliphatic heterocycles. The van der Waals surface area contributed by atoms with Crippen molar-refractivity contribution in [1.82, 2.24) is 0 Å². The summed E-state index contributed by atoms with van der Waals surface area (Å²) in [4.78, 5) is 0.200. The summed E-state index contributed by atoms with van der Waals surface area (Å²) in [5.74, 6) is 0. The molecule has 0 aliphatic carbocycles. The topological polar surface area (TPSA) is 12.0 Å². The molecule has 0 saturated heterocycles. The first-order valence-electron chi connectivity index (χ1n) is 3.55. The fourth-order valence-corrected chi connectivity index (χ4v) is 1.36. The molecular formula is C8H8F3NS. The van der Waals surface area contributed by atoms with Crippen LogP contribution in [0.1, 0.15) is 0 Å². The molecule has 1 rings (SSSR count). The number of hydrogen-bond donors (Lipinski definition) is 1. The lowest BCUT2D eigenvalue weighted by Gasteiger charge is -2.05. The Hall–Kier alpha value is -0.840. The van der Waals surface area contributed by atoms with Crippen LogP contribution in [0.5, 0.6) is 0 Å². The molecule has 5 heteroatoms. The highest BCUT2D eigenvalue weighted by Gasteiger charge is 2.28. The molecular weight excluding hydrogens is 199 g/mol. The van der Waals surface area contributed by atoms with Crippen molar-refractivity contribution in [1.29, 1.82) is 0 Å². The third kappa shape index (κ3) is 3.59. The van der Waals surface area contributed by atoms with Crippen molar-refractivity contribution in [2.75, 3.05) is 12.4 Å². The molecule has 0 fully saturated rings. The zero-order valence-corrected chi connectivity index (χ0v) is 7.67. The monoisotopic (exact) mass is 207 g/mol. The molecule has 0 unspecified atom stereocenters. The number of halogens is 3. The highest BCUT2D eigenvalue weighted by molar-refractivity contribution is 8.00. The Labute approximate surface area is 78.3 Å². The Balaban J connectivity index is 2.70. The van der Waals surface area contributed by atoms with Gasteiger partial charge >= 0.3 is 5.51 Å². The van der Waals surface area contributed by atoms with Gasteiger partial charge in [0.2, 0.25) is 0 Å². The summed E-state index contributed by atoms with van der Waals surface area (Å²) in [6.07, 6.45) is 0. The molecule has 72 valence electrons. The minimum Gasteiger partial charge on any atom is -0.388 e. The standard InChI is InChI=1S/C8H8F3NS/c1-12-6-2-4-7(5-3-6)13-8(9,10)11/h2-5,12H,1H3. The number of benzene rings is 1. The SMILES string of the molecule is CNc1ccc(SC(F)(F)F)cc1. The van der Waals surface area contributed by atoms with E-state index in [1.54, 1.807) is 19.2 Å².